The van der Waals surface area contributed by atoms with Crippen molar-refractivity contribution in [2.75, 3.05) is 39.3 Å². The molecule has 1 fully saturated rings. The van der Waals surface area contributed by atoms with Crippen LogP contribution >= 0.6 is 0 Å². The second kappa shape index (κ2) is 8.22. The summed E-state index contributed by atoms with van der Waals surface area (Å²) >= 11 is 0. The third-order valence-electron chi connectivity index (χ3n) is 3.53. The number of nitrogens with zero attached hydrogens (tertiary/aromatic N) is 3. The lowest BCUT2D eigenvalue weighted by Crippen LogP contribution is -2.46. The zero-order valence-electron chi connectivity index (χ0n) is 12.5. The van der Waals surface area contributed by atoms with Gasteiger partial charge in [-0.05, 0) is 12.1 Å². The first-order valence-electron chi connectivity index (χ1n) is 7.32. The van der Waals surface area contributed by atoms with E-state index in [1.807, 2.05) is 11.0 Å². The molecule has 3 N–H and O–H groups in total. The highest BCUT2D eigenvalue weighted by Gasteiger charge is 2.16. The fraction of sp³-hybridized carbons (Fsp3) is 0.467. The molecular weight excluding hydrogens is 282 g/mol. The van der Waals surface area contributed by atoms with E-state index in [2.05, 4.69) is 10.2 Å². The van der Waals surface area contributed by atoms with Crippen LogP contribution in [0.4, 0.5) is 0 Å². The number of hydrogen-bond donors (Lipinski definition) is 2. The van der Waals surface area contributed by atoms with E-state index in [9.17, 15) is 4.79 Å². The number of carbonyl (C=O) groups excluding carboxylic acids is 1. The molecule has 0 spiro atoms. The van der Waals surface area contributed by atoms with Gasteiger partial charge in [0.05, 0.1) is 12.8 Å². The van der Waals surface area contributed by atoms with E-state index < -0.39 is 0 Å². The zero-order valence-corrected chi connectivity index (χ0v) is 12.5. The Balaban J connectivity index is 1.85. The number of rotatable bonds is 6. The van der Waals surface area contributed by atoms with Crippen LogP contribution in [0.2, 0.25) is 0 Å². The Labute approximate surface area is 130 Å². The Kier molecular flexibility index (Phi) is 6.01. The predicted octanol–water partition coefficient (Wildman–Crippen LogP) is -0.120. The normalized spacial score (nSPS) is 16.4. The number of furan rings is 1. The van der Waals surface area contributed by atoms with Crippen LogP contribution in [0.1, 0.15) is 5.76 Å². The molecule has 0 unspecified atom stereocenters. The Morgan fingerprint density at radius 2 is 2.23 bits per heavy atom. The molecule has 0 saturated carbocycles. The SMILES string of the molecule is N#C/C(=C/N1CCN(CCN)CC1)C(=O)NCc1ccco1. The fourth-order valence-corrected chi connectivity index (χ4v) is 2.30. The van der Waals surface area contributed by atoms with Crippen molar-refractivity contribution in [2.24, 2.45) is 5.73 Å². The minimum atomic E-state index is -0.386. The van der Waals surface area contributed by atoms with Gasteiger partial charge in [-0.3, -0.25) is 9.69 Å². The van der Waals surface area contributed by atoms with Crippen LogP contribution in [0.15, 0.2) is 34.6 Å². The first-order chi connectivity index (χ1) is 10.7. The molecule has 1 saturated heterocycles. The monoisotopic (exact) mass is 303 g/mol. The molecule has 7 heteroatoms. The summed E-state index contributed by atoms with van der Waals surface area (Å²) in [5.41, 5.74) is 5.65. The van der Waals surface area contributed by atoms with Crippen LogP contribution in [0, 0.1) is 11.3 Å². The average Bonchev–Trinajstić information content (AvgIpc) is 3.05. The smallest absolute Gasteiger partial charge is 0.263 e. The van der Waals surface area contributed by atoms with Crippen LogP contribution in [-0.2, 0) is 11.3 Å². The topological polar surface area (TPSA) is 98.5 Å². The first kappa shape index (κ1) is 16.1. The van der Waals surface area contributed by atoms with Crippen molar-refractivity contribution in [3.8, 4) is 6.07 Å². The van der Waals surface area contributed by atoms with Gasteiger partial charge in [-0.1, -0.05) is 0 Å². The highest BCUT2D eigenvalue weighted by Crippen LogP contribution is 2.05. The van der Waals surface area contributed by atoms with E-state index in [1.165, 1.54) is 0 Å². The minimum absolute atomic E-state index is 0.110. The van der Waals surface area contributed by atoms with E-state index in [0.717, 1.165) is 32.7 Å². The van der Waals surface area contributed by atoms with Crippen molar-refractivity contribution in [3.63, 3.8) is 0 Å². The molecule has 7 nitrogen and oxygen atoms in total. The third kappa shape index (κ3) is 4.62. The number of nitriles is 1. The molecule has 22 heavy (non-hydrogen) atoms. The maximum absolute atomic E-state index is 12.0. The van der Waals surface area contributed by atoms with Gasteiger partial charge >= 0.3 is 0 Å². The van der Waals surface area contributed by atoms with Crippen molar-refractivity contribution < 1.29 is 9.21 Å². The number of nitrogens with one attached hydrogen (secondary N) is 1. The van der Waals surface area contributed by atoms with E-state index in [1.54, 1.807) is 24.6 Å². The molecule has 1 aromatic heterocycles. The molecule has 0 radical (unpaired) electrons. The highest BCUT2D eigenvalue weighted by atomic mass is 16.3. The first-order valence-corrected chi connectivity index (χ1v) is 7.32. The van der Waals surface area contributed by atoms with Crippen molar-refractivity contribution in [2.45, 2.75) is 6.54 Å². The Morgan fingerprint density at radius 3 is 2.82 bits per heavy atom. The average molecular weight is 303 g/mol. The maximum Gasteiger partial charge on any atom is 0.263 e. The quantitative estimate of drug-likeness (QED) is 0.561. The molecule has 2 rings (SSSR count). The molecule has 0 aromatic carbocycles. The van der Waals surface area contributed by atoms with Crippen molar-refractivity contribution >= 4 is 5.91 Å². The second-order valence-corrected chi connectivity index (χ2v) is 5.08. The van der Waals surface area contributed by atoms with E-state index >= 15 is 0 Å². The van der Waals surface area contributed by atoms with Crippen LogP contribution in [-0.4, -0.2) is 55.0 Å². The molecular formula is C15H21N5O2. The molecule has 1 aromatic rings. The van der Waals surface area contributed by atoms with Gasteiger partial charge in [-0.25, -0.2) is 0 Å². The molecule has 1 aliphatic rings. The number of carbonyl (C=O) groups is 1. The number of amides is 1. The van der Waals surface area contributed by atoms with Gasteiger partial charge in [-0.2, -0.15) is 5.26 Å². The summed E-state index contributed by atoms with van der Waals surface area (Å²) in [7, 11) is 0. The van der Waals surface area contributed by atoms with Crippen molar-refractivity contribution in [3.05, 3.63) is 35.9 Å². The van der Waals surface area contributed by atoms with Gasteiger partial charge in [0.25, 0.3) is 5.91 Å². The molecule has 0 bridgehead atoms. The van der Waals surface area contributed by atoms with Gasteiger partial charge in [0, 0.05) is 45.5 Å². The van der Waals surface area contributed by atoms with E-state index in [-0.39, 0.29) is 18.0 Å². The van der Waals surface area contributed by atoms with E-state index in [0.29, 0.717) is 12.3 Å². The molecule has 118 valence electrons. The van der Waals surface area contributed by atoms with Gasteiger partial charge in [-0.15, -0.1) is 0 Å². The molecule has 0 aliphatic carbocycles. The Morgan fingerprint density at radius 1 is 1.45 bits per heavy atom. The minimum Gasteiger partial charge on any atom is -0.467 e. The van der Waals surface area contributed by atoms with E-state index in [4.69, 9.17) is 15.4 Å². The van der Waals surface area contributed by atoms with Gasteiger partial charge in [0.1, 0.15) is 17.4 Å². The summed E-state index contributed by atoms with van der Waals surface area (Å²) in [6, 6.07) is 5.48. The van der Waals surface area contributed by atoms with Gasteiger partial charge in [0.15, 0.2) is 0 Å². The van der Waals surface area contributed by atoms with Crippen LogP contribution < -0.4 is 11.1 Å². The number of hydrogen-bond acceptors (Lipinski definition) is 6. The van der Waals surface area contributed by atoms with Crippen LogP contribution in [0.25, 0.3) is 0 Å². The number of piperazine rings is 1. The van der Waals surface area contributed by atoms with Crippen molar-refractivity contribution in [1.29, 1.82) is 5.26 Å². The standard InChI is InChI=1S/C15H21N5O2/c16-3-4-19-5-7-20(8-6-19)12-13(10-17)15(21)18-11-14-2-1-9-22-14/h1-2,9,12H,3-8,11,16H2,(H,18,21)/b13-12-. The summed E-state index contributed by atoms with van der Waals surface area (Å²) in [4.78, 5) is 16.3. The predicted molar refractivity (Wildman–Crippen MR) is 81.3 cm³/mol. The van der Waals surface area contributed by atoms with Crippen LogP contribution in [0.3, 0.4) is 0 Å². The molecule has 1 aliphatic heterocycles. The zero-order chi connectivity index (χ0) is 15.8. The molecule has 2 heterocycles. The lowest BCUT2D eigenvalue weighted by molar-refractivity contribution is -0.117. The van der Waals surface area contributed by atoms with Gasteiger partial charge < -0.3 is 20.4 Å². The summed E-state index contributed by atoms with van der Waals surface area (Å²) in [5.74, 6) is 0.268. The molecule has 0 atom stereocenters. The Bertz CT molecular complexity index is 539. The summed E-state index contributed by atoms with van der Waals surface area (Å²) < 4.78 is 5.14. The maximum atomic E-state index is 12.0. The van der Waals surface area contributed by atoms with Gasteiger partial charge in [0.2, 0.25) is 0 Å². The lowest BCUT2D eigenvalue weighted by atomic mass is 10.2. The largest absolute Gasteiger partial charge is 0.467 e. The fourth-order valence-electron chi connectivity index (χ4n) is 2.30. The van der Waals surface area contributed by atoms with Crippen molar-refractivity contribution in [1.82, 2.24) is 15.1 Å². The highest BCUT2D eigenvalue weighted by molar-refractivity contribution is 5.97. The summed E-state index contributed by atoms with van der Waals surface area (Å²) in [6.07, 6.45) is 3.18. The lowest BCUT2D eigenvalue weighted by Gasteiger charge is -2.33. The summed E-state index contributed by atoms with van der Waals surface area (Å²) in [6.45, 7) is 5.16. The number of nitrogens with two attached hydrogens (primary N) is 1. The second-order valence-electron chi connectivity index (χ2n) is 5.08. The summed E-state index contributed by atoms with van der Waals surface area (Å²) in [5, 5.41) is 11.8. The Hall–Kier alpha value is -2.30. The molecule has 1 amide bonds. The van der Waals surface area contributed by atoms with Crippen LogP contribution in [0.5, 0.6) is 0 Å². The third-order valence-corrected chi connectivity index (χ3v) is 3.53.